The van der Waals surface area contributed by atoms with Crippen molar-refractivity contribution in [2.75, 3.05) is 46.5 Å². The summed E-state index contributed by atoms with van der Waals surface area (Å²) >= 11 is 6.01. The molecule has 0 aliphatic carbocycles. The van der Waals surface area contributed by atoms with Crippen LogP contribution in [0, 0.1) is 0 Å². The van der Waals surface area contributed by atoms with Gasteiger partial charge in [-0.15, -0.1) is 0 Å². The van der Waals surface area contributed by atoms with E-state index in [-0.39, 0.29) is 5.91 Å². The summed E-state index contributed by atoms with van der Waals surface area (Å²) in [6, 6.07) is 5.03. The molecular formula is C15H21ClN2O3. The summed E-state index contributed by atoms with van der Waals surface area (Å²) in [5.74, 6) is 0.460. The Morgan fingerprint density at radius 3 is 2.86 bits per heavy atom. The zero-order chi connectivity index (χ0) is 15.1. The monoisotopic (exact) mass is 312 g/mol. The van der Waals surface area contributed by atoms with Crippen LogP contribution in [-0.2, 0) is 4.74 Å². The van der Waals surface area contributed by atoms with Crippen LogP contribution in [0.15, 0.2) is 18.2 Å². The van der Waals surface area contributed by atoms with Crippen molar-refractivity contribution >= 4 is 17.5 Å². The summed E-state index contributed by atoms with van der Waals surface area (Å²) < 4.78 is 10.4. The van der Waals surface area contributed by atoms with E-state index in [1.165, 1.54) is 0 Å². The topological polar surface area (TPSA) is 50.8 Å². The van der Waals surface area contributed by atoms with Gasteiger partial charge >= 0.3 is 0 Å². The molecule has 1 aliphatic heterocycles. The highest BCUT2D eigenvalue weighted by atomic mass is 35.5. The molecule has 0 unspecified atom stereocenters. The molecule has 0 bridgehead atoms. The summed E-state index contributed by atoms with van der Waals surface area (Å²) in [5.41, 5.74) is 0.548. The highest BCUT2D eigenvalue weighted by Crippen LogP contribution is 2.24. The first kappa shape index (κ1) is 16.1. The number of nitrogens with zero attached hydrogens (tertiary/aromatic N) is 1. The van der Waals surface area contributed by atoms with Gasteiger partial charge in [0.05, 0.1) is 25.3 Å². The minimum absolute atomic E-state index is 0.110. The number of carbonyl (C=O) groups is 1. The van der Waals surface area contributed by atoms with Crippen molar-refractivity contribution < 1.29 is 14.3 Å². The van der Waals surface area contributed by atoms with Crippen LogP contribution in [0.2, 0.25) is 5.02 Å². The van der Waals surface area contributed by atoms with E-state index >= 15 is 0 Å². The first-order valence-corrected chi connectivity index (χ1v) is 7.50. The van der Waals surface area contributed by atoms with Crippen molar-refractivity contribution in [3.63, 3.8) is 0 Å². The van der Waals surface area contributed by atoms with Gasteiger partial charge in [-0.2, -0.15) is 0 Å². The van der Waals surface area contributed by atoms with Gasteiger partial charge in [-0.1, -0.05) is 11.6 Å². The van der Waals surface area contributed by atoms with E-state index in [9.17, 15) is 4.79 Å². The second-order valence-corrected chi connectivity index (χ2v) is 5.32. The number of morpholine rings is 1. The van der Waals surface area contributed by atoms with Gasteiger partial charge in [0.1, 0.15) is 5.75 Å². The lowest BCUT2D eigenvalue weighted by atomic mass is 10.2. The minimum Gasteiger partial charge on any atom is -0.495 e. The van der Waals surface area contributed by atoms with Crippen molar-refractivity contribution in [3.8, 4) is 5.75 Å². The van der Waals surface area contributed by atoms with Crippen LogP contribution in [0.25, 0.3) is 0 Å². The predicted molar refractivity (Wildman–Crippen MR) is 82.2 cm³/mol. The van der Waals surface area contributed by atoms with Gasteiger partial charge in [0.25, 0.3) is 5.91 Å². The largest absolute Gasteiger partial charge is 0.495 e. The number of benzene rings is 1. The molecule has 1 amide bonds. The van der Waals surface area contributed by atoms with Crippen LogP contribution in [-0.4, -0.2) is 57.3 Å². The molecule has 2 rings (SSSR count). The molecule has 5 nitrogen and oxygen atoms in total. The number of nitrogens with one attached hydrogen (secondary N) is 1. The van der Waals surface area contributed by atoms with Gasteiger partial charge in [0.15, 0.2) is 0 Å². The third kappa shape index (κ3) is 4.88. The van der Waals surface area contributed by atoms with E-state index in [4.69, 9.17) is 21.1 Å². The quantitative estimate of drug-likeness (QED) is 0.814. The number of rotatable bonds is 6. The Kier molecular flexibility index (Phi) is 6.29. The number of hydrogen-bond acceptors (Lipinski definition) is 4. The Hall–Kier alpha value is -1.30. The van der Waals surface area contributed by atoms with Crippen LogP contribution in [0.5, 0.6) is 5.75 Å². The van der Waals surface area contributed by atoms with E-state index in [1.807, 2.05) is 0 Å². The third-order valence-corrected chi connectivity index (χ3v) is 3.75. The molecule has 6 heteroatoms. The molecule has 1 aromatic rings. The van der Waals surface area contributed by atoms with Gasteiger partial charge in [-0.25, -0.2) is 0 Å². The van der Waals surface area contributed by atoms with E-state index < -0.39 is 0 Å². The molecule has 1 aliphatic rings. The zero-order valence-electron chi connectivity index (χ0n) is 12.2. The summed E-state index contributed by atoms with van der Waals surface area (Å²) in [5, 5.41) is 3.35. The van der Waals surface area contributed by atoms with Crippen LogP contribution < -0.4 is 10.1 Å². The number of ether oxygens (including phenoxy) is 2. The molecule has 0 aromatic heterocycles. The molecule has 1 aromatic carbocycles. The molecule has 1 saturated heterocycles. The standard InChI is InChI=1S/C15H21ClN2O3/c1-20-14-4-3-12(11-13(14)16)15(19)17-5-2-6-18-7-9-21-10-8-18/h3-4,11H,2,5-10H2,1H3,(H,17,19). The average Bonchev–Trinajstić information content (AvgIpc) is 2.52. The fourth-order valence-electron chi connectivity index (χ4n) is 2.24. The number of methoxy groups -OCH3 is 1. The summed E-state index contributed by atoms with van der Waals surface area (Å²) in [6.45, 7) is 5.18. The molecule has 0 radical (unpaired) electrons. The van der Waals surface area contributed by atoms with Gasteiger partial charge in [-0.05, 0) is 31.2 Å². The SMILES string of the molecule is COc1ccc(C(=O)NCCCN2CCOCC2)cc1Cl. The lowest BCUT2D eigenvalue weighted by Crippen LogP contribution is -2.38. The first-order chi connectivity index (χ1) is 10.2. The fraction of sp³-hybridized carbons (Fsp3) is 0.533. The van der Waals surface area contributed by atoms with E-state index in [0.29, 0.717) is 22.9 Å². The highest BCUT2D eigenvalue weighted by molar-refractivity contribution is 6.32. The summed E-state index contributed by atoms with van der Waals surface area (Å²) in [7, 11) is 1.55. The maximum Gasteiger partial charge on any atom is 0.251 e. The molecule has 0 saturated carbocycles. The highest BCUT2D eigenvalue weighted by Gasteiger charge is 2.11. The number of carbonyl (C=O) groups excluding carboxylic acids is 1. The summed E-state index contributed by atoms with van der Waals surface area (Å²) in [6.07, 6.45) is 0.926. The van der Waals surface area contributed by atoms with Gasteiger partial charge in [-0.3, -0.25) is 9.69 Å². The second-order valence-electron chi connectivity index (χ2n) is 4.91. The lowest BCUT2D eigenvalue weighted by molar-refractivity contribution is 0.0374. The molecule has 1 fully saturated rings. The van der Waals surface area contributed by atoms with Crippen molar-refractivity contribution in [2.45, 2.75) is 6.42 Å². The van der Waals surface area contributed by atoms with Gasteiger partial charge in [0.2, 0.25) is 0 Å². The third-order valence-electron chi connectivity index (χ3n) is 3.45. The molecule has 1 heterocycles. The van der Waals surface area contributed by atoms with Crippen molar-refractivity contribution in [3.05, 3.63) is 28.8 Å². The molecular weight excluding hydrogens is 292 g/mol. The Balaban J connectivity index is 1.72. The van der Waals surface area contributed by atoms with Crippen molar-refractivity contribution in [1.82, 2.24) is 10.2 Å². The lowest BCUT2D eigenvalue weighted by Gasteiger charge is -2.26. The Morgan fingerprint density at radius 2 is 2.19 bits per heavy atom. The van der Waals surface area contributed by atoms with Crippen molar-refractivity contribution in [2.24, 2.45) is 0 Å². The van der Waals surface area contributed by atoms with E-state index in [1.54, 1.807) is 25.3 Å². The maximum atomic E-state index is 12.0. The molecule has 0 atom stereocenters. The van der Waals surface area contributed by atoms with E-state index in [0.717, 1.165) is 39.3 Å². The molecule has 116 valence electrons. The Labute approximate surface area is 130 Å². The average molecular weight is 313 g/mol. The fourth-order valence-corrected chi connectivity index (χ4v) is 2.50. The first-order valence-electron chi connectivity index (χ1n) is 7.12. The van der Waals surface area contributed by atoms with Crippen molar-refractivity contribution in [1.29, 1.82) is 0 Å². The van der Waals surface area contributed by atoms with Crippen LogP contribution in [0.1, 0.15) is 16.8 Å². The van der Waals surface area contributed by atoms with Gasteiger partial charge < -0.3 is 14.8 Å². The second kappa shape index (κ2) is 8.22. The summed E-state index contributed by atoms with van der Waals surface area (Å²) in [4.78, 5) is 14.4. The minimum atomic E-state index is -0.110. The Bertz CT molecular complexity index is 476. The predicted octanol–water partition coefficient (Wildman–Crippen LogP) is 1.80. The number of amides is 1. The number of hydrogen-bond donors (Lipinski definition) is 1. The van der Waals surface area contributed by atoms with E-state index in [2.05, 4.69) is 10.2 Å². The number of halogens is 1. The van der Waals surface area contributed by atoms with Crippen LogP contribution >= 0.6 is 11.6 Å². The smallest absolute Gasteiger partial charge is 0.251 e. The zero-order valence-corrected chi connectivity index (χ0v) is 13.0. The molecule has 0 spiro atoms. The van der Waals surface area contributed by atoms with Gasteiger partial charge in [0, 0.05) is 25.2 Å². The molecule has 21 heavy (non-hydrogen) atoms. The Morgan fingerprint density at radius 1 is 1.43 bits per heavy atom. The normalized spacial score (nSPS) is 15.7. The molecule has 1 N–H and O–H groups in total. The maximum absolute atomic E-state index is 12.0. The van der Waals surface area contributed by atoms with Crippen LogP contribution in [0.4, 0.5) is 0 Å². The van der Waals surface area contributed by atoms with Crippen LogP contribution in [0.3, 0.4) is 0 Å².